The van der Waals surface area contributed by atoms with E-state index in [0.29, 0.717) is 35.8 Å². The van der Waals surface area contributed by atoms with Gasteiger partial charge in [-0.3, -0.25) is 0 Å². The van der Waals surface area contributed by atoms with Crippen LogP contribution in [0.5, 0.6) is 11.5 Å². The highest BCUT2D eigenvalue weighted by atomic mass is 16.5. The molecule has 5 nitrogen and oxygen atoms in total. The zero-order valence-electron chi connectivity index (χ0n) is 13.7. The summed E-state index contributed by atoms with van der Waals surface area (Å²) in [5.74, 6) is 0.990. The zero-order valence-corrected chi connectivity index (χ0v) is 13.7. The Hall–Kier alpha value is -3.00. The average Bonchev–Trinajstić information content (AvgIpc) is 2.59. The van der Waals surface area contributed by atoms with Gasteiger partial charge >= 0.3 is 5.97 Å². The summed E-state index contributed by atoms with van der Waals surface area (Å²) in [6, 6.07) is 15.7. The van der Waals surface area contributed by atoms with Gasteiger partial charge in [-0.1, -0.05) is 0 Å². The van der Waals surface area contributed by atoms with E-state index in [0.717, 1.165) is 0 Å². The summed E-state index contributed by atoms with van der Waals surface area (Å²) in [4.78, 5) is 11.7. The van der Waals surface area contributed by atoms with Crippen molar-refractivity contribution in [1.29, 1.82) is 5.26 Å². The van der Waals surface area contributed by atoms with Gasteiger partial charge in [-0.2, -0.15) is 5.26 Å². The molecule has 0 atom stereocenters. The molecule has 0 radical (unpaired) electrons. The quantitative estimate of drug-likeness (QED) is 0.575. The van der Waals surface area contributed by atoms with E-state index in [4.69, 9.17) is 19.5 Å². The lowest BCUT2D eigenvalue weighted by Gasteiger charge is -2.10. The van der Waals surface area contributed by atoms with Gasteiger partial charge in [0.2, 0.25) is 0 Å². The second-order valence-electron chi connectivity index (χ2n) is 5.31. The van der Waals surface area contributed by atoms with E-state index in [-0.39, 0.29) is 12.1 Å². The number of esters is 1. The molecular weight excluding hydrogens is 306 g/mol. The number of hydrogen-bond donors (Lipinski definition) is 0. The monoisotopic (exact) mass is 325 g/mol. The van der Waals surface area contributed by atoms with Crippen LogP contribution >= 0.6 is 0 Å². The van der Waals surface area contributed by atoms with Crippen LogP contribution < -0.4 is 9.47 Å². The van der Waals surface area contributed by atoms with Crippen molar-refractivity contribution < 1.29 is 19.0 Å². The molecule has 0 aliphatic carbocycles. The lowest BCUT2D eigenvalue weighted by Crippen LogP contribution is -2.12. The molecule has 0 aromatic heterocycles. The molecule has 0 aliphatic rings. The first-order chi connectivity index (χ1) is 11.6. The van der Waals surface area contributed by atoms with Crippen molar-refractivity contribution in [2.24, 2.45) is 0 Å². The second-order valence-corrected chi connectivity index (χ2v) is 5.31. The lowest BCUT2D eigenvalue weighted by molar-refractivity contribution is 0.0378. The fourth-order valence-corrected chi connectivity index (χ4v) is 1.91. The molecule has 0 amide bonds. The summed E-state index contributed by atoms with van der Waals surface area (Å²) >= 11 is 0. The summed E-state index contributed by atoms with van der Waals surface area (Å²) in [7, 11) is 0. The first-order valence-electron chi connectivity index (χ1n) is 7.65. The van der Waals surface area contributed by atoms with E-state index in [9.17, 15) is 4.79 Å². The smallest absolute Gasteiger partial charge is 0.338 e. The molecular formula is C19H19NO4. The zero-order chi connectivity index (χ0) is 17.4. The van der Waals surface area contributed by atoms with Gasteiger partial charge in [0.25, 0.3) is 0 Å². The van der Waals surface area contributed by atoms with Crippen molar-refractivity contribution in [1.82, 2.24) is 0 Å². The molecule has 124 valence electrons. The maximum atomic E-state index is 11.7. The van der Waals surface area contributed by atoms with Gasteiger partial charge in [0, 0.05) is 0 Å². The Kier molecular flexibility index (Phi) is 6.21. The van der Waals surface area contributed by atoms with Gasteiger partial charge in [0.1, 0.15) is 24.7 Å². The van der Waals surface area contributed by atoms with Crippen molar-refractivity contribution in [2.75, 3.05) is 13.2 Å². The van der Waals surface area contributed by atoms with Gasteiger partial charge in [-0.15, -0.1) is 0 Å². The average molecular weight is 325 g/mol. The molecule has 2 rings (SSSR count). The molecule has 0 unspecified atom stereocenters. The van der Waals surface area contributed by atoms with Gasteiger partial charge in [-0.25, -0.2) is 4.79 Å². The third-order valence-electron chi connectivity index (χ3n) is 3.04. The highest BCUT2D eigenvalue weighted by Crippen LogP contribution is 2.14. The molecule has 2 aromatic rings. The number of nitriles is 1. The fraction of sp³-hybridized carbons (Fsp3) is 0.263. The molecule has 2 aromatic carbocycles. The van der Waals surface area contributed by atoms with Crippen LogP contribution in [0.25, 0.3) is 0 Å². The van der Waals surface area contributed by atoms with Crippen LogP contribution in [0, 0.1) is 11.3 Å². The Morgan fingerprint density at radius 2 is 1.46 bits per heavy atom. The largest absolute Gasteiger partial charge is 0.490 e. The predicted molar refractivity (Wildman–Crippen MR) is 89.1 cm³/mol. The maximum absolute atomic E-state index is 11.7. The van der Waals surface area contributed by atoms with E-state index >= 15 is 0 Å². The third kappa shape index (κ3) is 5.33. The Balaban J connectivity index is 1.76. The highest BCUT2D eigenvalue weighted by Gasteiger charge is 2.08. The van der Waals surface area contributed by atoms with Crippen molar-refractivity contribution in [2.45, 2.75) is 20.0 Å². The van der Waals surface area contributed by atoms with Crippen LogP contribution in [0.3, 0.4) is 0 Å². The van der Waals surface area contributed by atoms with Crippen LogP contribution in [0.2, 0.25) is 0 Å². The van der Waals surface area contributed by atoms with Crippen molar-refractivity contribution in [3.8, 4) is 17.6 Å². The van der Waals surface area contributed by atoms with E-state index in [2.05, 4.69) is 6.07 Å². The van der Waals surface area contributed by atoms with Gasteiger partial charge in [0.05, 0.1) is 23.3 Å². The SMILES string of the molecule is CC(C)OC(=O)c1ccc(OCCOc2ccc(C#N)cc2)cc1. The third-order valence-corrected chi connectivity index (χ3v) is 3.04. The minimum absolute atomic E-state index is 0.146. The first-order valence-corrected chi connectivity index (χ1v) is 7.65. The van der Waals surface area contributed by atoms with Crippen LogP contribution in [-0.2, 0) is 4.74 Å². The number of carbonyl (C=O) groups excluding carboxylic acids is 1. The molecule has 24 heavy (non-hydrogen) atoms. The summed E-state index contributed by atoms with van der Waals surface area (Å²) in [5.41, 5.74) is 1.08. The Morgan fingerprint density at radius 1 is 0.958 bits per heavy atom. The molecule has 0 N–H and O–H groups in total. The molecule has 0 bridgehead atoms. The van der Waals surface area contributed by atoms with Gasteiger partial charge in [-0.05, 0) is 62.4 Å². The fourth-order valence-electron chi connectivity index (χ4n) is 1.91. The highest BCUT2D eigenvalue weighted by molar-refractivity contribution is 5.89. The standard InChI is InChI=1S/C19H19NO4/c1-14(2)24-19(21)16-5-9-18(10-6-16)23-12-11-22-17-7-3-15(13-20)4-8-17/h3-10,14H,11-12H2,1-2H3. The maximum Gasteiger partial charge on any atom is 0.338 e. The first kappa shape index (κ1) is 17.4. The molecule has 0 aliphatic heterocycles. The summed E-state index contributed by atoms with van der Waals surface area (Å²) in [6.45, 7) is 4.37. The van der Waals surface area contributed by atoms with E-state index in [1.54, 1.807) is 48.5 Å². The normalized spacial score (nSPS) is 10.1. The predicted octanol–water partition coefficient (Wildman–Crippen LogP) is 3.58. The van der Waals surface area contributed by atoms with Crippen molar-refractivity contribution >= 4 is 5.97 Å². The van der Waals surface area contributed by atoms with E-state index in [1.807, 2.05) is 13.8 Å². The molecule has 5 heteroatoms. The van der Waals surface area contributed by atoms with Gasteiger partial charge < -0.3 is 14.2 Å². The van der Waals surface area contributed by atoms with E-state index in [1.165, 1.54) is 0 Å². The number of benzene rings is 2. The number of rotatable bonds is 7. The number of nitrogens with zero attached hydrogens (tertiary/aromatic N) is 1. The van der Waals surface area contributed by atoms with E-state index < -0.39 is 0 Å². The molecule has 0 spiro atoms. The van der Waals surface area contributed by atoms with Gasteiger partial charge in [0.15, 0.2) is 0 Å². The number of carbonyl (C=O) groups is 1. The number of ether oxygens (including phenoxy) is 3. The van der Waals surface area contributed by atoms with Crippen LogP contribution in [0.15, 0.2) is 48.5 Å². The number of hydrogen-bond acceptors (Lipinski definition) is 5. The molecule has 0 fully saturated rings. The summed E-state index contributed by atoms with van der Waals surface area (Å²) < 4.78 is 16.2. The molecule has 0 heterocycles. The molecule has 0 saturated heterocycles. The van der Waals surface area contributed by atoms with Crippen molar-refractivity contribution in [3.05, 3.63) is 59.7 Å². The Bertz CT molecular complexity index is 700. The Morgan fingerprint density at radius 3 is 1.92 bits per heavy atom. The van der Waals surface area contributed by atoms with Crippen LogP contribution in [-0.4, -0.2) is 25.3 Å². The Labute approximate surface area is 141 Å². The van der Waals surface area contributed by atoms with Crippen molar-refractivity contribution in [3.63, 3.8) is 0 Å². The minimum Gasteiger partial charge on any atom is -0.490 e. The minimum atomic E-state index is -0.347. The lowest BCUT2D eigenvalue weighted by atomic mass is 10.2. The summed E-state index contributed by atoms with van der Waals surface area (Å²) in [6.07, 6.45) is -0.146. The summed E-state index contributed by atoms with van der Waals surface area (Å²) in [5, 5.41) is 8.73. The second kappa shape index (κ2) is 8.59. The van der Waals surface area contributed by atoms with Crippen LogP contribution in [0.1, 0.15) is 29.8 Å². The topological polar surface area (TPSA) is 68.6 Å². The molecule has 0 saturated carbocycles. The van der Waals surface area contributed by atoms with Crippen LogP contribution in [0.4, 0.5) is 0 Å².